The van der Waals surface area contributed by atoms with E-state index in [2.05, 4.69) is 15.0 Å². The Labute approximate surface area is 172 Å². The van der Waals surface area contributed by atoms with Crippen LogP contribution >= 0.6 is 11.3 Å². The normalized spacial score (nSPS) is 24.5. The summed E-state index contributed by atoms with van der Waals surface area (Å²) in [5.74, 6) is -0.314. The third kappa shape index (κ3) is 3.53. The molecule has 3 aliphatic rings. The predicted molar refractivity (Wildman–Crippen MR) is 107 cm³/mol. The van der Waals surface area contributed by atoms with E-state index in [0.717, 1.165) is 37.4 Å². The molecule has 3 aliphatic heterocycles. The van der Waals surface area contributed by atoms with Gasteiger partial charge in [0, 0.05) is 50.8 Å². The van der Waals surface area contributed by atoms with Crippen LogP contribution in [0.4, 0.5) is 5.13 Å². The van der Waals surface area contributed by atoms with E-state index >= 15 is 0 Å². The first-order chi connectivity index (χ1) is 14.0. The van der Waals surface area contributed by atoms with Crippen molar-refractivity contribution in [3.63, 3.8) is 0 Å². The lowest BCUT2D eigenvalue weighted by Gasteiger charge is -2.40. The number of likely N-dealkylation sites (tertiary alicyclic amines) is 1. The molecule has 0 aliphatic carbocycles. The van der Waals surface area contributed by atoms with Crippen LogP contribution in [0.1, 0.15) is 31.4 Å². The Morgan fingerprint density at radius 1 is 1.24 bits per heavy atom. The fraction of sp³-hybridized carbons (Fsp3) is 0.684. The summed E-state index contributed by atoms with van der Waals surface area (Å²) in [5, 5.41) is 5.21. The molecule has 1 amide bonds. The molecular formula is C19H25N5O4S. The number of aromatic nitrogens is 3. The van der Waals surface area contributed by atoms with Crippen molar-refractivity contribution in [2.45, 2.75) is 38.4 Å². The zero-order valence-corrected chi connectivity index (χ0v) is 17.3. The number of amides is 1. The van der Waals surface area contributed by atoms with Gasteiger partial charge in [-0.05, 0) is 19.8 Å². The van der Waals surface area contributed by atoms with Gasteiger partial charge in [0.25, 0.3) is 5.56 Å². The first-order valence-corrected chi connectivity index (χ1v) is 11.0. The van der Waals surface area contributed by atoms with Gasteiger partial charge < -0.3 is 19.3 Å². The molecule has 0 saturated carbocycles. The smallest absolute Gasteiger partial charge is 0.275 e. The van der Waals surface area contributed by atoms with Gasteiger partial charge in [-0.25, -0.2) is 4.98 Å². The Morgan fingerprint density at radius 2 is 2.00 bits per heavy atom. The first-order valence-electron chi connectivity index (χ1n) is 10.2. The van der Waals surface area contributed by atoms with Crippen LogP contribution in [0.5, 0.6) is 0 Å². The third-order valence-electron chi connectivity index (χ3n) is 6.05. The molecule has 29 heavy (non-hydrogen) atoms. The Hall–Kier alpha value is -2.04. The molecule has 3 fully saturated rings. The van der Waals surface area contributed by atoms with Crippen LogP contribution < -0.4 is 10.5 Å². The number of rotatable bonds is 2. The van der Waals surface area contributed by atoms with Crippen molar-refractivity contribution in [3.8, 4) is 0 Å². The third-order valence-corrected chi connectivity index (χ3v) is 7.02. The number of carbonyl (C=O) groups excluding carboxylic acids is 1. The van der Waals surface area contributed by atoms with Crippen LogP contribution in [-0.2, 0) is 14.3 Å². The molecule has 5 rings (SSSR count). The number of fused-ring (bicyclic) bond motifs is 1. The Balaban J connectivity index is 1.28. The minimum absolute atomic E-state index is 0.0540. The van der Waals surface area contributed by atoms with Gasteiger partial charge in [-0.3, -0.25) is 9.59 Å². The summed E-state index contributed by atoms with van der Waals surface area (Å²) in [6.07, 6.45) is 3.28. The van der Waals surface area contributed by atoms with E-state index in [1.807, 2.05) is 4.90 Å². The van der Waals surface area contributed by atoms with E-state index in [1.54, 1.807) is 6.92 Å². The SMILES string of the molecule is Cc1cc(=O)n2nc(N3CCC[C@@H](C(=O)N4CCC5(CC4)OCCO5)C3)sc2n1. The molecular weight excluding hydrogens is 394 g/mol. The van der Waals surface area contributed by atoms with E-state index in [0.29, 0.717) is 43.5 Å². The molecule has 0 radical (unpaired) electrons. The molecule has 0 N–H and O–H groups in total. The second kappa shape index (κ2) is 7.33. The molecule has 5 heterocycles. The van der Waals surface area contributed by atoms with Gasteiger partial charge >= 0.3 is 0 Å². The van der Waals surface area contributed by atoms with Crippen molar-refractivity contribution < 1.29 is 14.3 Å². The highest BCUT2D eigenvalue weighted by Gasteiger charge is 2.42. The monoisotopic (exact) mass is 419 g/mol. The highest BCUT2D eigenvalue weighted by atomic mass is 32.1. The van der Waals surface area contributed by atoms with Crippen molar-refractivity contribution in [3.05, 3.63) is 22.1 Å². The minimum atomic E-state index is -0.464. The number of nitrogens with zero attached hydrogens (tertiary/aromatic N) is 5. The van der Waals surface area contributed by atoms with Crippen LogP contribution in [0.2, 0.25) is 0 Å². The highest BCUT2D eigenvalue weighted by Crippen LogP contribution is 2.33. The van der Waals surface area contributed by atoms with Crippen LogP contribution in [0, 0.1) is 12.8 Å². The average Bonchev–Trinajstić information content (AvgIpc) is 3.36. The lowest BCUT2D eigenvalue weighted by atomic mass is 9.95. The lowest BCUT2D eigenvalue weighted by Crippen LogP contribution is -2.51. The molecule has 2 aromatic heterocycles. The highest BCUT2D eigenvalue weighted by molar-refractivity contribution is 7.20. The maximum atomic E-state index is 13.1. The predicted octanol–water partition coefficient (Wildman–Crippen LogP) is 1.04. The lowest BCUT2D eigenvalue weighted by molar-refractivity contribution is -0.188. The first kappa shape index (κ1) is 19.0. The van der Waals surface area contributed by atoms with Gasteiger partial charge in [-0.1, -0.05) is 11.3 Å². The van der Waals surface area contributed by atoms with Crippen molar-refractivity contribution in [2.24, 2.45) is 5.92 Å². The second-order valence-corrected chi connectivity index (χ2v) is 8.97. The Kier molecular flexibility index (Phi) is 4.79. The minimum Gasteiger partial charge on any atom is -0.347 e. The van der Waals surface area contributed by atoms with Gasteiger partial charge in [-0.15, -0.1) is 5.10 Å². The van der Waals surface area contributed by atoms with Crippen molar-refractivity contribution in [2.75, 3.05) is 44.3 Å². The summed E-state index contributed by atoms with van der Waals surface area (Å²) >= 11 is 1.40. The topological polar surface area (TPSA) is 89.3 Å². The van der Waals surface area contributed by atoms with E-state index in [-0.39, 0.29) is 17.4 Å². The fourth-order valence-electron chi connectivity index (χ4n) is 4.50. The van der Waals surface area contributed by atoms with Crippen molar-refractivity contribution >= 4 is 27.3 Å². The number of ether oxygens (including phenoxy) is 2. The quantitative estimate of drug-likeness (QED) is 0.719. The number of aryl methyl sites for hydroxylation is 1. The molecule has 0 bridgehead atoms. The number of anilines is 1. The fourth-order valence-corrected chi connectivity index (χ4v) is 5.49. The van der Waals surface area contributed by atoms with Gasteiger partial charge in [0.15, 0.2) is 5.79 Å². The van der Waals surface area contributed by atoms with Gasteiger partial charge in [0.05, 0.1) is 19.1 Å². The average molecular weight is 420 g/mol. The maximum Gasteiger partial charge on any atom is 0.275 e. The zero-order chi connectivity index (χ0) is 20.0. The number of hydrogen-bond acceptors (Lipinski definition) is 8. The molecule has 2 aromatic rings. The van der Waals surface area contributed by atoms with Gasteiger partial charge in [0.2, 0.25) is 16.0 Å². The van der Waals surface area contributed by atoms with E-state index in [9.17, 15) is 9.59 Å². The number of hydrogen-bond donors (Lipinski definition) is 0. The van der Waals surface area contributed by atoms with Crippen LogP contribution in [-0.4, -0.2) is 70.6 Å². The van der Waals surface area contributed by atoms with Gasteiger partial charge in [0.1, 0.15) is 0 Å². The van der Waals surface area contributed by atoms with E-state index < -0.39 is 5.79 Å². The molecule has 1 spiro atoms. The largest absolute Gasteiger partial charge is 0.347 e. The molecule has 3 saturated heterocycles. The van der Waals surface area contributed by atoms with E-state index in [4.69, 9.17) is 9.47 Å². The molecule has 0 aromatic carbocycles. The Morgan fingerprint density at radius 3 is 2.76 bits per heavy atom. The van der Waals surface area contributed by atoms with Crippen LogP contribution in [0.3, 0.4) is 0 Å². The van der Waals surface area contributed by atoms with Crippen molar-refractivity contribution in [1.82, 2.24) is 19.5 Å². The summed E-state index contributed by atoms with van der Waals surface area (Å²) in [7, 11) is 0. The summed E-state index contributed by atoms with van der Waals surface area (Å²) in [6, 6.07) is 1.49. The van der Waals surface area contributed by atoms with Crippen molar-refractivity contribution in [1.29, 1.82) is 0 Å². The summed E-state index contributed by atoms with van der Waals surface area (Å²) in [6.45, 7) is 5.91. The number of carbonyl (C=O) groups is 1. The molecule has 0 unspecified atom stereocenters. The zero-order valence-electron chi connectivity index (χ0n) is 16.5. The number of piperidine rings is 2. The molecule has 10 heteroatoms. The molecule has 1 atom stereocenters. The summed E-state index contributed by atoms with van der Waals surface area (Å²) in [4.78, 5) is 34.4. The second-order valence-electron chi connectivity index (χ2n) is 8.03. The van der Waals surface area contributed by atoms with E-state index in [1.165, 1.54) is 21.9 Å². The maximum absolute atomic E-state index is 13.1. The van der Waals surface area contributed by atoms with Crippen LogP contribution in [0.25, 0.3) is 4.96 Å². The van der Waals surface area contributed by atoms with Gasteiger partial charge in [-0.2, -0.15) is 4.52 Å². The van der Waals surface area contributed by atoms with Crippen LogP contribution in [0.15, 0.2) is 10.9 Å². The Bertz CT molecular complexity index is 973. The summed E-state index contributed by atoms with van der Waals surface area (Å²) in [5.41, 5.74) is 0.522. The standard InChI is InChI=1S/C19H25N5O4S/c1-13-11-15(25)24-17(20-13)29-18(21-24)23-6-2-3-14(12-23)16(26)22-7-4-19(5-8-22)27-9-10-28-19/h11,14H,2-10,12H2,1H3/t14-/m1/s1. The molecule has 9 nitrogen and oxygen atoms in total. The summed E-state index contributed by atoms with van der Waals surface area (Å²) < 4.78 is 12.9. The molecule has 156 valence electrons.